The van der Waals surface area contributed by atoms with Gasteiger partial charge in [0.2, 0.25) is 0 Å². The zero-order valence-corrected chi connectivity index (χ0v) is 12.0. The summed E-state index contributed by atoms with van der Waals surface area (Å²) in [4.78, 5) is 2.37. The Kier molecular flexibility index (Phi) is 2.96. The monoisotopic (exact) mass is 275 g/mol. The van der Waals surface area contributed by atoms with Gasteiger partial charge in [-0.05, 0) is 37.8 Å². The topological polar surface area (TPSA) is 39.1 Å². The quantitative estimate of drug-likeness (QED) is 0.856. The van der Waals surface area contributed by atoms with Crippen LogP contribution in [0.25, 0.3) is 0 Å². The molecular weight excluding hydrogens is 258 g/mol. The molecule has 100 valence electrons. The summed E-state index contributed by atoms with van der Waals surface area (Å²) in [5.41, 5.74) is 1.64. The average Bonchev–Trinajstić information content (AvgIpc) is 2.92. The highest BCUT2D eigenvalue weighted by atomic mass is 35.5. The Bertz CT molecular complexity index is 547. The van der Waals surface area contributed by atoms with Gasteiger partial charge < -0.3 is 10.2 Å². The van der Waals surface area contributed by atoms with E-state index in [2.05, 4.69) is 30.1 Å². The van der Waals surface area contributed by atoms with Gasteiger partial charge in [-0.3, -0.25) is 0 Å². The number of hydrogen-bond acceptors (Lipinski definition) is 3. The molecule has 0 aliphatic carbocycles. The van der Waals surface area contributed by atoms with Crippen molar-refractivity contribution in [2.24, 2.45) is 11.8 Å². The summed E-state index contributed by atoms with van der Waals surface area (Å²) < 4.78 is 0. The van der Waals surface area contributed by atoms with Crippen LogP contribution >= 0.6 is 11.6 Å². The van der Waals surface area contributed by atoms with E-state index in [1.807, 2.05) is 12.1 Å². The molecule has 2 saturated heterocycles. The first-order chi connectivity index (χ1) is 9.05. The van der Waals surface area contributed by atoms with Crippen LogP contribution in [-0.4, -0.2) is 25.2 Å². The van der Waals surface area contributed by atoms with Gasteiger partial charge in [-0.1, -0.05) is 17.7 Å². The van der Waals surface area contributed by atoms with Crippen LogP contribution in [0.4, 0.5) is 5.69 Å². The molecule has 1 aromatic carbocycles. The average molecular weight is 276 g/mol. The lowest BCUT2D eigenvalue weighted by atomic mass is 9.84. The number of nitrogens with zero attached hydrogens (tertiary/aromatic N) is 2. The Morgan fingerprint density at radius 2 is 2.21 bits per heavy atom. The van der Waals surface area contributed by atoms with Crippen molar-refractivity contribution in [1.82, 2.24) is 5.32 Å². The molecule has 2 aliphatic rings. The number of rotatable bonds is 1. The fourth-order valence-corrected chi connectivity index (χ4v) is 3.89. The van der Waals surface area contributed by atoms with Gasteiger partial charge in [-0.25, -0.2) is 0 Å². The standard InChI is InChI=1S/C15H18ClN3/c1-15(2)12-8-18-7-10(12)9-19(15)14-5-3-4-13(16)11(14)6-17/h3-5,10,12,18H,7-9H2,1-2H3. The Hall–Kier alpha value is -1.24. The van der Waals surface area contributed by atoms with Crippen LogP contribution in [0, 0.1) is 23.2 Å². The molecule has 1 aromatic rings. The van der Waals surface area contributed by atoms with Crippen molar-refractivity contribution < 1.29 is 0 Å². The number of fused-ring (bicyclic) bond motifs is 1. The minimum absolute atomic E-state index is 0.0600. The molecular formula is C15H18ClN3. The number of anilines is 1. The first kappa shape index (κ1) is 12.8. The molecule has 4 heteroatoms. The number of halogens is 1. The van der Waals surface area contributed by atoms with Gasteiger partial charge in [0, 0.05) is 25.2 Å². The third-order valence-electron chi connectivity index (χ3n) is 4.75. The summed E-state index contributed by atoms with van der Waals surface area (Å²) in [6.07, 6.45) is 0. The summed E-state index contributed by atoms with van der Waals surface area (Å²) in [7, 11) is 0. The summed E-state index contributed by atoms with van der Waals surface area (Å²) >= 11 is 6.16. The van der Waals surface area contributed by atoms with Crippen molar-refractivity contribution in [3.8, 4) is 6.07 Å². The molecule has 2 heterocycles. The highest BCUT2D eigenvalue weighted by Crippen LogP contribution is 2.44. The van der Waals surface area contributed by atoms with Crippen molar-refractivity contribution in [2.75, 3.05) is 24.5 Å². The molecule has 0 saturated carbocycles. The van der Waals surface area contributed by atoms with Gasteiger partial charge in [0.15, 0.2) is 0 Å². The third kappa shape index (κ3) is 1.82. The third-order valence-corrected chi connectivity index (χ3v) is 5.07. The molecule has 0 bridgehead atoms. The van der Waals surface area contributed by atoms with Crippen LogP contribution in [0.15, 0.2) is 18.2 Å². The SMILES string of the molecule is CC1(C)C2CNCC2CN1c1cccc(Cl)c1C#N. The fraction of sp³-hybridized carbons (Fsp3) is 0.533. The van der Waals surface area contributed by atoms with Crippen molar-refractivity contribution in [3.63, 3.8) is 0 Å². The second kappa shape index (κ2) is 4.40. The van der Waals surface area contributed by atoms with Crippen LogP contribution in [0.1, 0.15) is 19.4 Å². The molecule has 1 N–H and O–H groups in total. The molecule has 0 aromatic heterocycles. The van der Waals surface area contributed by atoms with E-state index in [0.29, 0.717) is 22.4 Å². The second-order valence-corrected chi connectivity index (χ2v) is 6.44. The second-order valence-electron chi connectivity index (χ2n) is 6.03. The Labute approximate surface area is 119 Å². The van der Waals surface area contributed by atoms with E-state index in [9.17, 15) is 5.26 Å². The van der Waals surface area contributed by atoms with Crippen LogP contribution in [0.3, 0.4) is 0 Å². The van der Waals surface area contributed by atoms with Crippen molar-refractivity contribution in [2.45, 2.75) is 19.4 Å². The number of nitriles is 1. The zero-order valence-electron chi connectivity index (χ0n) is 11.3. The fourth-order valence-electron chi connectivity index (χ4n) is 3.68. The summed E-state index contributed by atoms with van der Waals surface area (Å²) in [5, 5.41) is 13.4. The van der Waals surface area contributed by atoms with Crippen molar-refractivity contribution >= 4 is 17.3 Å². The predicted octanol–water partition coefficient (Wildman–Crippen LogP) is 2.65. The molecule has 3 rings (SSSR count). The molecule has 0 spiro atoms. The highest BCUT2D eigenvalue weighted by Gasteiger charge is 2.50. The summed E-state index contributed by atoms with van der Waals surface area (Å²) in [6, 6.07) is 7.99. The Morgan fingerprint density at radius 3 is 2.89 bits per heavy atom. The van der Waals surface area contributed by atoms with E-state index in [1.165, 1.54) is 0 Å². The Morgan fingerprint density at radius 1 is 1.42 bits per heavy atom. The van der Waals surface area contributed by atoms with Crippen molar-refractivity contribution in [3.05, 3.63) is 28.8 Å². The van der Waals surface area contributed by atoms with E-state index in [0.717, 1.165) is 25.3 Å². The normalized spacial score (nSPS) is 28.2. The highest BCUT2D eigenvalue weighted by molar-refractivity contribution is 6.32. The smallest absolute Gasteiger partial charge is 0.103 e. The molecule has 2 aliphatic heterocycles. The molecule has 19 heavy (non-hydrogen) atoms. The van der Waals surface area contributed by atoms with Crippen LogP contribution in [0.5, 0.6) is 0 Å². The lowest BCUT2D eigenvalue weighted by molar-refractivity contribution is 0.357. The first-order valence-electron chi connectivity index (χ1n) is 6.72. The van der Waals surface area contributed by atoms with E-state index < -0.39 is 0 Å². The Balaban J connectivity index is 2.04. The van der Waals surface area contributed by atoms with E-state index in [4.69, 9.17) is 11.6 Å². The minimum atomic E-state index is 0.0600. The van der Waals surface area contributed by atoms with Crippen LogP contribution in [-0.2, 0) is 0 Å². The molecule has 0 amide bonds. The van der Waals surface area contributed by atoms with Gasteiger partial charge in [-0.2, -0.15) is 5.26 Å². The van der Waals surface area contributed by atoms with E-state index in [-0.39, 0.29) is 5.54 Å². The summed E-state index contributed by atoms with van der Waals surface area (Å²) in [6.45, 7) is 7.68. The minimum Gasteiger partial charge on any atom is -0.365 e. The lowest BCUT2D eigenvalue weighted by Gasteiger charge is -2.38. The predicted molar refractivity (Wildman–Crippen MR) is 77.4 cm³/mol. The summed E-state index contributed by atoms with van der Waals surface area (Å²) in [5.74, 6) is 1.30. The maximum atomic E-state index is 9.36. The first-order valence-corrected chi connectivity index (χ1v) is 7.10. The van der Waals surface area contributed by atoms with Crippen LogP contribution in [0.2, 0.25) is 5.02 Å². The van der Waals surface area contributed by atoms with Crippen LogP contribution < -0.4 is 10.2 Å². The van der Waals surface area contributed by atoms with Gasteiger partial charge >= 0.3 is 0 Å². The largest absolute Gasteiger partial charge is 0.365 e. The zero-order chi connectivity index (χ0) is 13.6. The molecule has 2 fully saturated rings. The van der Waals surface area contributed by atoms with E-state index in [1.54, 1.807) is 6.07 Å². The maximum Gasteiger partial charge on any atom is 0.103 e. The van der Waals surface area contributed by atoms with Gasteiger partial charge in [-0.15, -0.1) is 0 Å². The van der Waals surface area contributed by atoms with Gasteiger partial charge in [0.25, 0.3) is 0 Å². The van der Waals surface area contributed by atoms with Crippen molar-refractivity contribution in [1.29, 1.82) is 5.26 Å². The number of hydrogen-bond donors (Lipinski definition) is 1. The number of nitrogens with one attached hydrogen (secondary N) is 1. The molecule has 0 radical (unpaired) electrons. The molecule has 2 unspecified atom stereocenters. The molecule has 2 atom stereocenters. The van der Waals surface area contributed by atoms with E-state index >= 15 is 0 Å². The maximum absolute atomic E-state index is 9.36. The van der Waals surface area contributed by atoms with Gasteiger partial charge in [0.1, 0.15) is 6.07 Å². The lowest BCUT2D eigenvalue weighted by Crippen LogP contribution is -2.45. The van der Waals surface area contributed by atoms with Gasteiger partial charge in [0.05, 0.1) is 16.3 Å². The molecule has 3 nitrogen and oxygen atoms in total. The number of benzene rings is 1.